The van der Waals surface area contributed by atoms with Crippen molar-refractivity contribution in [2.24, 2.45) is 5.16 Å². The van der Waals surface area contributed by atoms with Crippen LogP contribution in [0.4, 0.5) is 13.2 Å². The van der Waals surface area contributed by atoms with E-state index in [1.165, 1.54) is 0 Å². The van der Waals surface area contributed by atoms with Gasteiger partial charge in [-0.25, -0.2) is 0 Å². The molecule has 2 nitrogen and oxygen atoms in total. The van der Waals surface area contributed by atoms with Crippen LogP contribution < -0.4 is 0 Å². The maximum atomic E-state index is 12.2. The van der Waals surface area contributed by atoms with E-state index >= 15 is 0 Å². The molecule has 5 heteroatoms. The monoisotopic (exact) mass is 293 g/mol. The zero-order valence-electron chi connectivity index (χ0n) is 11.4. The van der Waals surface area contributed by atoms with Crippen LogP contribution in [0.3, 0.4) is 0 Å². The van der Waals surface area contributed by atoms with E-state index in [4.69, 9.17) is 0 Å². The number of halogens is 3. The van der Waals surface area contributed by atoms with E-state index in [1.54, 1.807) is 30.3 Å². The summed E-state index contributed by atoms with van der Waals surface area (Å²) in [5, 5.41) is 3.69. The number of benzene rings is 2. The van der Waals surface area contributed by atoms with Crippen molar-refractivity contribution in [2.45, 2.75) is 13.1 Å². The lowest BCUT2D eigenvalue weighted by molar-refractivity contribution is -0.173. The van der Waals surface area contributed by atoms with Gasteiger partial charge in [-0.2, -0.15) is 13.2 Å². The van der Waals surface area contributed by atoms with Crippen LogP contribution in [0, 0.1) is 6.92 Å². The molecule has 0 aromatic heterocycles. The molecule has 0 aliphatic rings. The molecule has 0 aliphatic heterocycles. The molecule has 2 aromatic rings. The summed E-state index contributed by atoms with van der Waals surface area (Å²) in [6, 6.07) is 16.3. The van der Waals surface area contributed by atoms with Gasteiger partial charge in [0.1, 0.15) is 5.71 Å². The Balaban J connectivity index is 2.33. The van der Waals surface area contributed by atoms with Crippen LogP contribution in [-0.2, 0) is 4.84 Å². The number of oxime groups is 1. The SMILES string of the molecule is Cc1cccc(/C(=N\OCC(F)(F)F)c2ccccc2)c1. The van der Waals surface area contributed by atoms with Crippen molar-refractivity contribution in [3.8, 4) is 0 Å². The van der Waals surface area contributed by atoms with Gasteiger partial charge in [-0.05, 0) is 13.0 Å². The molecule has 21 heavy (non-hydrogen) atoms. The molecule has 0 amide bonds. The van der Waals surface area contributed by atoms with E-state index in [1.807, 2.05) is 31.2 Å². The molecule has 0 atom stereocenters. The second-order valence-corrected chi connectivity index (χ2v) is 4.56. The maximum Gasteiger partial charge on any atom is 0.425 e. The molecule has 0 radical (unpaired) electrons. The predicted octanol–water partition coefficient (Wildman–Crippen LogP) is 4.33. The minimum Gasteiger partial charge on any atom is -0.386 e. The summed E-state index contributed by atoms with van der Waals surface area (Å²) in [7, 11) is 0. The fourth-order valence-electron chi connectivity index (χ4n) is 1.83. The van der Waals surface area contributed by atoms with Crippen LogP contribution in [0.15, 0.2) is 59.8 Å². The van der Waals surface area contributed by atoms with E-state index in [-0.39, 0.29) is 0 Å². The first-order valence-electron chi connectivity index (χ1n) is 6.35. The molecule has 0 fully saturated rings. The van der Waals surface area contributed by atoms with E-state index in [0.29, 0.717) is 16.8 Å². The predicted molar refractivity (Wildman–Crippen MR) is 75.3 cm³/mol. The fourth-order valence-corrected chi connectivity index (χ4v) is 1.83. The quantitative estimate of drug-likeness (QED) is 0.607. The summed E-state index contributed by atoms with van der Waals surface area (Å²) < 4.78 is 36.5. The van der Waals surface area contributed by atoms with Gasteiger partial charge in [-0.3, -0.25) is 0 Å². The lowest BCUT2D eigenvalue weighted by atomic mass is 10.0. The second kappa shape index (κ2) is 6.43. The van der Waals surface area contributed by atoms with Gasteiger partial charge in [0, 0.05) is 11.1 Å². The van der Waals surface area contributed by atoms with Gasteiger partial charge in [0.05, 0.1) is 0 Å². The van der Waals surface area contributed by atoms with Gasteiger partial charge >= 0.3 is 6.18 Å². The molecule has 0 bridgehead atoms. The topological polar surface area (TPSA) is 21.6 Å². The molecule has 0 N–H and O–H groups in total. The normalized spacial score (nSPS) is 12.3. The van der Waals surface area contributed by atoms with Gasteiger partial charge in [0.25, 0.3) is 0 Å². The molecular weight excluding hydrogens is 279 g/mol. The van der Waals surface area contributed by atoms with E-state index in [2.05, 4.69) is 9.99 Å². The highest BCUT2D eigenvalue weighted by molar-refractivity contribution is 6.12. The van der Waals surface area contributed by atoms with E-state index in [9.17, 15) is 13.2 Å². The summed E-state index contributed by atoms with van der Waals surface area (Å²) in [6.45, 7) is 0.498. The van der Waals surface area contributed by atoms with Crippen molar-refractivity contribution in [3.63, 3.8) is 0 Å². The van der Waals surface area contributed by atoms with Crippen LogP contribution in [-0.4, -0.2) is 18.5 Å². The summed E-state index contributed by atoms with van der Waals surface area (Å²) in [4.78, 5) is 4.47. The number of nitrogens with zero attached hydrogens (tertiary/aromatic N) is 1. The zero-order chi connectivity index (χ0) is 15.3. The third-order valence-electron chi connectivity index (χ3n) is 2.72. The zero-order valence-corrected chi connectivity index (χ0v) is 11.4. The largest absolute Gasteiger partial charge is 0.425 e. The van der Waals surface area contributed by atoms with E-state index in [0.717, 1.165) is 5.56 Å². The van der Waals surface area contributed by atoms with Gasteiger partial charge in [0.15, 0.2) is 0 Å². The maximum absolute atomic E-state index is 12.2. The minimum atomic E-state index is -4.40. The molecule has 0 unspecified atom stereocenters. The molecule has 0 saturated carbocycles. The molecule has 0 aliphatic carbocycles. The Morgan fingerprint density at radius 1 is 1.00 bits per heavy atom. The van der Waals surface area contributed by atoms with E-state index < -0.39 is 12.8 Å². The highest BCUT2D eigenvalue weighted by Gasteiger charge is 2.28. The highest BCUT2D eigenvalue weighted by atomic mass is 19.4. The van der Waals surface area contributed by atoms with Crippen LogP contribution in [0.1, 0.15) is 16.7 Å². The third kappa shape index (κ3) is 4.63. The van der Waals surface area contributed by atoms with Crippen molar-refractivity contribution < 1.29 is 18.0 Å². The van der Waals surface area contributed by atoms with Crippen LogP contribution in [0.25, 0.3) is 0 Å². The molecule has 2 rings (SSSR count). The van der Waals surface area contributed by atoms with Crippen molar-refractivity contribution in [1.29, 1.82) is 0 Å². The third-order valence-corrected chi connectivity index (χ3v) is 2.72. The van der Waals surface area contributed by atoms with Gasteiger partial charge < -0.3 is 4.84 Å². The smallest absolute Gasteiger partial charge is 0.386 e. The first-order valence-corrected chi connectivity index (χ1v) is 6.35. The van der Waals surface area contributed by atoms with Crippen molar-refractivity contribution in [1.82, 2.24) is 0 Å². The number of hydrogen-bond acceptors (Lipinski definition) is 2. The van der Waals surface area contributed by atoms with Gasteiger partial charge in [0.2, 0.25) is 6.61 Å². The average molecular weight is 293 g/mol. The fraction of sp³-hybridized carbons (Fsp3) is 0.188. The average Bonchev–Trinajstić information content (AvgIpc) is 2.43. The summed E-state index contributed by atoms with van der Waals surface area (Å²) in [6.07, 6.45) is -4.40. The van der Waals surface area contributed by atoms with Gasteiger partial charge in [-0.1, -0.05) is 59.3 Å². The molecule has 0 saturated heterocycles. The molecule has 110 valence electrons. The summed E-state index contributed by atoms with van der Waals surface area (Å²) in [5.41, 5.74) is 2.78. The lowest BCUT2D eigenvalue weighted by Crippen LogP contribution is -2.16. The lowest BCUT2D eigenvalue weighted by Gasteiger charge is -2.09. The van der Waals surface area contributed by atoms with Gasteiger partial charge in [-0.15, -0.1) is 0 Å². The molecular formula is C16H14F3NO. The highest BCUT2D eigenvalue weighted by Crippen LogP contribution is 2.17. The summed E-state index contributed by atoms with van der Waals surface area (Å²) in [5.74, 6) is 0. The van der Waals surface area contributed by atoms with Crippen LogP contribution >= 0.6 is 0 Å². The van der Waals surface area contributed by atoms with Crippen molar-refractivity contribution >= 4 is 5.71 Å². The summed E-state index contributed by atoms with van der Waals surface area (Å²) >= 11 is 0. The Labute approximate surface area is 120 Å². The van der Waals surface area contributed by atoms with Crippen molar-refractivity contribution in [3.05, 3.63) is 71.3 Å². The number of rotatable bonds is 4. The standard InChI is InChI=1S/C16H14F3NO/c1-12-6-5-9-14(10-12)15(13-7-3-2-4-8-13)20-21-11-16(17,18)19/h2-10H,11H2,1H3/b20-15-. The number of hydrogen-bond donors (Lipinski definition) is 0. The number of alkyl halides is 3. The first-order chi connectivity index (χ1) is 9.96. The van der Waals surface area contributed by atoms with Crippen LogP contribution in [0.5, 0.6) is 0 Å². The second-order valence-electron chi connectivity index (χ2n) is 4.56. The molecule has 0 heterocycles. The van der Waals surface area contributed by atoms with Crippen LogP contribution in [0.2, 0.25) is 0 Å². The molecule has 0 spiro atoms. The Bertz CT molecular complexity index is 621. The van der Waals surface area contributed by atoms with Crippen molar-refractivity contribution in [2.75, 3.05) is 6.61 Å². The Hall–Kier alpha value is -2.30. The Morgan fingerprint density at radius 3 is 2.29 bits per heavy atom. The minimum absolute atomic E-state index is 0.378. The Kier molecular flexibility index (Phi) is 4.62. The first kappa shape index (κ1) is 15.1. The molecule has 2 aromatic carbocycles. The Morgan fingerprint density at radius 2 is 1.67 bits per heavy atom. The number of aryl methyl sites for hydroxylation is 1.